The molecule has 27 heavy (non-hydrogen) atoms. The van der Waals surface area contributed by atoms with Crippen LogP contribution in [0.25, 0.3) is 11.2 Å². The van der Waals surface area contributed by atoms with Crippen molar-refractivity contribution in [2.45, 2.75) is 32.9 Å². The van der Waals surface area contributed by atoms with Gasteiger partial charge in [-0.1, -0.05) is 38.5 Å². The highest BCUT2D eigenvalue weighted by molar-refractivity contribution is 6.03. The van der Waals surface area contributed by atoms with Gasteiger partial charge in [0.05, 0.1) is 0 Å². The lowest BCUT2D eigenvalue weighted by Crippen LogP contribution is -2.49. The summed E-state index contributed by atoms with van der Waals surface area (Å²) in [5.41, 5.74) is 3.24. The largest absolute Gasteiger partial charge is 0.334 e. The van der Waals surface area contributed by atoms with Crippen molar-refractivity contribution in [2.24, 2.45) is 5.92 Å². The molecule has 1 aromatic carbocycles. The van der Waals surface area contributed by atoms with Gasteiger partial charge in [0.1, 0.15) is 17.3 Å². The number of aromatic nitrogens is 3. The van der Waals surface area contributed by atoms with Crippen molar-refractivity contribution in [2.75, 3.05) is 5.32 Å². The standard InChI is InChI=1S/C20H21N5O2/c1-3-12(2)17-19(26)24-14-7-5-4-6-13(14)11-25(17)20(27)16-10-15-18(23-16)22-9-8-21-15/h4-10,12,17H,3,11H2,1-2H3,(H,22,23)(H,24,26)/t12-,17-/m0/s1. The molecule has 0 spiro atoms. The van der Waals surface area contributed by atoms with Crippen LogP contribution in [0.5, 0.6) is 0 Å². The van der Waals surface area contributed by atoms with E-state index in [1.807, 2.05) is 38.1 Å². The molecule has 2 amide bonds. The molecule has 0 saturated heterocycles. The van der Waals surface area contributed by atoms with Crippen LogP contribution in [0.2, 0.25) is 0 Å². The van der Waals surface area contributed by atoms with Gasteiger partial charge in [-0.15, -0.1) is 0 Å². The summed E-state index contributed by atoms with van der Waals surface area (Å²) < 4.78 is 0. The lowest BCUT2D eigenvalue weighted by molar-refractivity contribution is -0.122. The third-order valence-electron chi connectivity index (χ3n) is 5.16. The van der Waals surface area contributed by atoms with Crippen LogP contribution in [0.3, 0.4) is 0 Å². The van der Waals surface area contributed by atoms with Crippen molar-refractivity contribution in [3.63, 3.8) is 0 Å². The number of carbonyl (C=O) groups excluding carboxylic acids is 2. The molecule has 3 heterocycles. The van der Waals surface area contributed by atoms with Crippen LogP contribution in [-0.2, 0) is 11.3 Å². The number of nitrogens with one attached hydrogen (secondary N) is 2. The first-order valence-corrected chi connectivity index (χ1v) is 9.08. The van der Waals surface area contributed by atoms with E-state index in [1.165, 1.54) is 0 Å². The number of benzene rings is 1. The molecular formula is C20H21N5O2. The zero-order valence-electron chi connectivity index (χ0n) is 15.3. The Labute approximate surface area is 156 Å². The summed E-state index contributed by atoms with van der Waals surface area (Å²) in [6, 6.07) is 8.72. The summed E-state index contributed by atoms with van der Waals surface area (Å²) in [6.45, 7) is 4.38. The van der Waals surface area contributed by atoms with Crippen molar-refractivity contribution >= 4 is 28.7 Å². The first kappa shape index (κ1) is 17.2. The van der Waals surface area contributed by atoms with Gasteiger partial charge < -0.3 is 15.2 Å². The zero-order chi connectivity index (χ0) is 19.0. The zero-order valence-corrected chi connectivity index (χ0v) is 15.3. The van der Waals surface area contributed by atoms with Crippen molar-refractivity contribution in [1.82, 2.24) is 19.9 Å². The summed E-state index contributed by atoms with van der Waals surface area (Å²) in [6.07, 6.45) is 3.95. The van der Waals surface area contributed by atoms with E-state index in [2.05, 4.69) is 20.3 Å². The number of carbonyl (C=O) groups is 2. The van der Waals surface area contributed by atoms with Crippen molar-refractivity contribution in [1.29, 1.82) is 0 Å². The average molecular weight is 363 g/mol. The molecule has 1 aliphatic rings. The van der Waals surface area contributed by atoms with Gasteiger partial charge in [-0.3, -0.25) is 14.6 Å². The number of hydrogen-bond donors (Lipinski definition) is 2. The Morgan fingerprint density at radius 2 is 2.07 bits per heavy atom. The van der Waals surface area contributed by atoms with E-state index in [1.54, 1.807) is 23.4 Å². The number of nitrogens with zero attached hydrogens (tertiary/aromatic N) is 3. The predicted molar refractivity (Wildman–Crippen MR) is 102 cm³/mol. The molecule has 2 N–H and O–H groups in total. The first-order valence-electron chi connectivity index (χ1n) is 9.08. The van der Waals surface area contributed by atoms with Gasteiger partial charge in [0.15, 0.2) is 5.65 Å². The Balaban J connectivity index is 1.77. The van der Waals surface area contributed by atoms with E-state index in [9.17, 15) is 9.59 Å². The summed E-state index contributed by atoms with van der Waals surface area (Å²) >= 11 is 0. The molecule has 2 aromatic heterocycles. The fourth-order valence-electron chi connectivity index (χ4n) is 3.52. The number of fused-ring (bicyclic) bond motifs is 2. The number of rotatable bonds is 3. The summed E-state index contributed by atoms with van der Waals surface area (Å²) in [7, 11) is 0. The van der Waals surface area contributed by atoms with Crippen LogP contribution >= 0.6 is 0 Å². The van der Waals surface area contributed by atoms with Crippen LogP contribution in [0.15, 0.2) is 42.7 Å². The van der Waals surface area contributed by atoms with Crippen molar-refractivity contribution in [3.8, 4) is 0 Å². The summed E-state index contributed by atoms with van der Waals surface area (Å²) in [5, 5.41) is 2.98. The molecule has 0 bridgehead atoms. The van der Waals surface area contributed by atoms with Gasteiger partial charge in [0.25, 0.3) is 5.91 Å². The van der Waals surface area contributed by atoms with Gasteiger partial charge in [-0.25, -0.2) is 4.98 Å². The molecule has 138 valence electrons. The minimum Gasteiger partial charge on any atom is -0.334 e. The molecule has 4 rings (SSSR count). The molecule has 0 aliphatic carbocycles. The fourth-order valence-corrected chi connectivity index (χ4v) is 3.52. The average Bonchev–Trinajstić information content (AvgIpc) is 3.05. The van der Waals surface area contributed by atoms with E-state index < -0.39 is 6.04 Å². The number of amides is 2. The van der Waals surface area contributed by atoms with Gasteiger partial charge in [0, 0.05) is 24.6 Å². The monoisotopic (exact) mass is 363 g/mol. The topological polar surface area (TPSA) is 91.0 Å². The SMILES string of the molecule is CC[C@H](C)[C@H]1C(=O)Nc2ccccc2CN1C(=O)c1cc2nccnc2[nH]1. The Hall–Kier alpha value is -3.22. The summed E-state index contributed by atoms with van der Waals surface area (Å²) in [5.74, 6) is -0.370. The number of para-hydroxylation sites is 1. The Morgan fingerprint density at radius 3 is 2.85 bits per heavy atom. The van der Waals surface area contributed by atoms with Crippen LogP contribution in [0, 0.1) is 5.92 Å². The van der Waals surface area contributed by atoms with Crippen LogP contribution < -0.4 is 5.32 Å². The minimum absolute atomic E-state index is 0.0175. The highest BCUT2D eigenvalue weighted by atomic mass is 16.2. The number of anilines is 1. The second-order valence-corrected chi connectivity index (χ2v) is 6.88. The normalized spacial score (nSPS) is 17.9. The van der Waals surface area contributed by atoms with Crippen molar-refractivity contribution < 1.29 is 9.59 Å². The van der Waals surface area contributed by atoms with Gasteiger partial charge in [-0.2, -0.15) is 0 Å². The molecule has 0 saturated carbocycles. The maximum atomic E-state index is 13.4. The third kappa shape index (κ3) is 3.05. The highest BCUT2D eigenvalue weighted by Crippen LogP contribution is 2.28. The molecular weight excluding hydrogens is 342 g/mol. The highest BCUT2D eigenvalue weighted by Gasteiger charge is 2.37. The van der Waals surface area contributed by atoms with Crippen molar-refractivity contribution in [3.05, 3.63) is 54.0 Å². The van der Waals surface area contributed by atoms with Crippen LogP contribution in [0.1, 0.15) is 36.3 Å². The molecule has 7 nitrogen and oxygen atoms in total. The molecule has 0 unspecified atom stereocenters. The Morgan fingerprint density at radius 1 is 1.30 bits per heavy atom. The number of H-pyrrole nitrogens is 1. The lowest BCUT2D eigenvalue weighted by Gasteiger charge is -2.32. The molecule has 7 heteroatoms. The Kier molecular flexibility index (Phi) is 4.35. The number of hydrogen-bond acceptors (Lipinski definition) is 4. The molecule has 0 radical (unpaired) electrons. The molecule has 0 fully saturated rings. The van der Waals surface area contributed by atoms with Gasteiger partial charge >= 0.3 is 0 Å². The smallest absolute Gasteiger partial charge is 0.271 e. The molecule has 3 aromatic rings. The van der Waals surface area contributed by atoms with Crippen LogP contribution in [0.4, 0.5) is 5.69 Å². The van der Waals surface area contributed by atoms with E-state index in [-0.39, 0.29) is 17.7 Å². The lowest BCUT2D eigenvalue weighted by atomic mass is 9.96. The molecule has 2 atom stereocenters. The number of aromatic amines is 1. The molecule has 1 aliphatic heterocycles. The second kappa shape index (κ2) is 6.83. The Bertz CT molecular complexity index is 979. The maximum absolute atomic E-state index is 13.4. The van der Waals surface area contributed by atoms with Gasteiger partial charge in [-0.05, 0) is 23.6 Å². The van der Waals surface area contributed by atoms with Gasteiger partial charge in [0.2, 0.25) is 5.91 Å². The van der Waals surface area contributed by atoms with E-state index >= 15 is 0 Å². The van der Waals surface area contributed by atoms with Crippen LogP contribution in [-0.4, -0.2) is 37.7 Å². The third-order valence-corrected chi connectivity index (χ3v) is 5.16. The summed E-state index contributed by atoms with van der Waals surface area (Å²) in [4.78, 5) is 39.4. The second-order valence-electron chi connectivity index (χ2n) is 6.88. The first-order chi connectivity index (χ1) is 13.1. The fraction of sp³-hybridized carbons (Fsp3) is 0.300. The quantitative estimate of drug-likeness (QED) is 0.748. The van der Waals surface area contributed by atoms with E-state index in [4.69, 9.17) is 0 Å². The van der Waals surface area contributed by atoms with E-state index in [0.29, 0.717) is 23.4 Å². The van der Waals surface area contributed by atoms with E-state index in [0.717, 1.165) is 17.7 Å². The maximum Gasteiger partial charge on any atom is 0.271 e. The minimum atomic E-state index is -0.553. The predicted octanol–water partition coefficient (Wildman–Crippen LogP) is 2.97.